The molecule has 0 fully saturated rings. The lowest BCUT2D eigenvalue weighted by Gasteiger charge is -2.07. The van der Waals surface area contributed by atoms with Crippen LogP contribution in [0.1, 0.15) is 16.7 Å². The largest absolute Gasteiger partial charge is 0.489 e. The predicted octanol–water partition coefficient (Wildman–Crippen LogP) is 2.58. The van der Waals surface area contributed by atoms with Crippen molar-refractivity contribution >= 4 is 12.0 Å². The van der Waals surface area contributed by atoms with Gasteiger partial charge in [0, 0.05) is 6.08 Å². The summed E-state index contributed by atoms with van der Waals surface area (Å²) in [7, 11) is 0. The summed E-state index contributed by atoms with van der Waals surface area (Å²) in [5.74, 6) is 5.42. The lowest BCUT2D eigenvalue weighted by Crippen LogP contribution is -2.27. The molecule has 0 spiro atoms. The lowest BCUT2D eigenvalue weighted by atomic mass is 10.1. The number of ether oxygens (including phenoxy) is 1. The summed E-state index contributed by atoms with van der Waals surface area (Å²) in [4.78, 5) is 11.1. The molecule has 0 aliphatic rings. The Morgan fingerprint density at radius 3 is 2.71 bits per heavy atom. The number of benzene rings is 2. The third-order valence-electron chi connectivity index (χ3n) is 2.95. The van der Waals surface area contributed by atoms with Crippen LogP contribution in [0.15, 0.2) is 54.6 Å². The van der Waals surface area contributed by atoms with Gasteiger partial charge in [0.15, 0.2) is 0 Å². The van der Waals surface area contributed by atoms with Gasteiger partial charge in [-0.2, -0.15) is 0 Å². The van der Waals surface area contributed by atoms with Crippen LogP contribution in [0.3, 0.4) is 0 Å². The molecule has 0 saturated carbocycles. The maximum Gasteiger partial charge on any atom is 0.257 e. The topological polar surface area (TPSA) is 64.3 Å². The van der Waals surface area contributed by atoms with Crippen molar-refractivity contribution in [3.05, 3.63) is 71.3 Å². The summed E-state index contributed by atoms with van der Waals surface area (Å²) in [6.45, 7) is 2.56. The first-order valence-electron chi connectivity index (χ1n) is 6.64. The molecule has 0 radical (unpaired) electrons. The molecule has 108 valence electrons. The van der Waals surface area contributed by atoms with E-state index in [-0.39, 0.29) is 5.91 Å². The summed E-state index contributed by atoms with van der Waals surface area (Å²) in [5, 5.41) is 0. The van der Waals surface area contributed by atoms with E-state index < -0.39 is 0 Å². The Morgan fingerprint density at radius 2 is 2.00 bits per heavy atom. The van der Waals surface area contributed by atoms with Crippen molar-refractivity contribution in [2.75, 3.05) is 0 Å². The molecule has 4 nitrogen and oxygen atoms in total. The number of amides is 1. The van der Waals surface area contributed by atoms with Gasteiger partial charge in [-0.25, -0.2) is 5.84 Å². The van der Waals surface area contributed by atoms with Gasteiger partial charge in [0.05, 0.1) is 0 Å². The number of carbonyl (C=O) groups excluding carboxylic acids is 1. The lowest BCUT2D eigenvalue weighted by molar-refractivity contribution is -0.116. The molecule has 0 aromatic heterocycles. The van der Waals surface area contributed by atoms with Crippen LogP contribution in [0, 0.1) is 6.92 Å². The van der Waals surface area contributed by atoms with E-state index in [1.807, 2.05) is 41.8 Å². The first-order valence-corrected chi connectivity index (χ1v) is 6.64. The number of nitrogens with two attached hydrogens (primary N) is 1. The molecule has 2 aromatic carbocycles. The summed E-state index contributed by atoms with van der Waals surface area (Å²) >= 11 is 0. The Labute approximate surface area is 124 Å². The standard InChI is InChI=1S/C17H18N2O2/c1-13-5-7-15(8-6-13)12-21-16-4-2-3-14(11-16)9-10-17(20)19-18/h2-11H,12,18H2,1H3,(H,19,20)/b10-9+. The van der Waals surface area contributed by atoms with E-state index in [0.29, 0.717) is 6.61 Å². The highest BCUT2D eigenvalue weighted by molar-refractivity contribution is 5.91. The second-order valence-corrected chi connectivity index (χ2v) is 4.69. The fraction of sp³-hybridized carbons (Fsp3) is 0.118. The third-order valence-corrected chi connectivity index (χ3v) is 2.95. The Kier molecular flexibility index (Phi) is 5.12. The number of rotatable bonds is 5. The van der Waals surface area contributed by atoms with Gasteiger partial charge in [-0.05, 0) is 36.3 Å². The second kappa shape index (κ2) is 7.26. The predicted molar refractivity (Wildman–Crippen MR) is 83.3 cm³/mol. The molecule has 21 heavy (non-hydrogen) atoms. The summed E-state index contributed by atoms with van der Waals surface area (Å²) in [6.07, 6.45) is 3.06. The average molecular weight is 282 g/mol. The van der Waals surface area contributed by atoms with Gasteiger partial charge in [-0.1, -0.05) is 42.0 Å². The van der Waals surface area contributed by atoms with E-state index in [1.165, 1.54) is 11.6 Å². The van der Waals surface area contributed by atoms with E-state index >= 15 is 0 Å². The van der Waals surface area contributed by atoms with Gasteiger partial charge in [-0.15, -0.1) is 0 Å². The zero-order valence-corrected chi connectivity index (χ0v) is 11.9. The SMILES string of the molecule is Cc1ccc(COc2cccc(/C=C/C(=O)NN)c2)cc1. The minimum absolute atomic E-state index is 0.346. The smallest absolute Gasteiger partial charge is 0.257 e. The molecule has 0 heterocycles. The van der Waals surface area contributed by atoms with E-state index in [4.69, 9.17) is 10.6 Å². The van der Waals surface area contributed by atoms with Crippen LogP contribution in [-0.4, -0.2) is 5.91 Å². The van der Waals surface area contributed by atoms with Crippen molar-refractivity contribution in [1.82, 2.24) is 5.43 Å². The summed E-state index contributed by atoms with van der Waals surface area (Å²) in [6, 6.07) is 15.7. The fourth-order valence-corrected chi connectivity index (χ4v) is 1.78. The highest BCUT2D eigenvalue weighted by atomic mass is 16.5. The van der Waals surface area contributed by atoms with Crippen LogP contribution in [-0.2, 0) is 11.4 Å². The van der Waals surface area contributed by atoms with E-state index in [9.17, 15) is 4.79 Å². The van der Waals surface area contributed by atoms with Crippen molar-refractivity contribution in [1.29, 1.82) is 0 Å². The molecule has 0 aliphatic heterocycles. The van der Waals surface area contributed by atoms with Crippen LogP contribution < -0.4 is 16.0 Å². The van der Waals surface area contributed by atoms with Crippen LogP contribution in [0.25, 0.3) is 6.08 Å². The first kappa shape index (κ1) is 14.8. The zero-order chi connectivity index (χ0) is 15.1. The molecule has 4 heteroatoms. The normalized spacial score (nSPS) is 10.6. The summed E-state index contributed by atoms with van der Waals surface area (Å²) < 4.78 is 5.75. The molecule has 1 amide bonds. The fourth-order valence-electron chi connectivity index (χ4n) is 1.78. The minimum atomic E-state index is -0.346. The zero-order valence-electron chi connectivity index (χ0n) is 11.9. The van der Waals surface area contributed by atoms with Crippen molar-refractivity contribution in [3.63, 3.8) is 0 Å². The Morgan fingerprint density at radius 1 is 1.24 bits per heavy atom. The molecule has 0 atom stereocenters. The summed E-state index contributed by atoms with van der Waals surface area (Å²) in [5.41, 5.74) is 5.26. The molecular weight excluding hydrogens is 264 g/mol. The first-order chi connectivity index (χ1) is 10.2. The second-order valence-electron chi connectivity index (χ2n) is 4.69. The molecule has 2 rings (SSSR count). The van der Waals surface area contributed by atoms with E-state index in [2.05, 4.69) is 19.1 Å². The molecule has 0 bridgehead atoms. The monoisotopic (exact) mass is 282 g/mol. The maximum atomic E-state index is 11.1. The Hall–Kier alpha value is -2.59. The molecule has 3 N–H and O–H groups in total. The van der Waals surface area contributed by atoms with E-state index in [1.54, 1.807) is 6.08 Å². The Balaban J connectivity index is 1.99. The maximum absolute atomic E-state index is 11.1. The van der Waals surface area contributed by atoms with Gasteiger partial charge in [0.25, 0.3) is 5.91 Å². The molecular formula is C17H18N2O2. The van der Waals surface area contributed by atoms with Crippen molar-refractivity contribution in [2.24, 2.45) is 5.84 Å². The molecule has 0 unspecified atom stereocenters. The number of carbonyl (C=O) groups is 1. The molecule has 2 aromatic rings. The van der Waals surface area contributed by atoms with Gasteiger partial charge in [0.2, 0.25) is 0 Å². The Bertz CT molecular complexity index is 633. The molecule has 0 saturated heterocycles. The number of hydrazine groups is 1. The van der Waals surface area contributed by atoms with Crippen LogP contribution >= 0.6 is 0 Å². The van der Waals surface area contributed by atoms with Crippen LogP contribution in [0.4, 0.5) is 0 Å². The van der Waals surface area contributed by atoms with Crippen molar-refractivity contribution in [3.8, 4) is 5.75 Å². The highest BCUT2D eigenvalue weighted by Gasteiger charge is 1.98. The van der Waals surface area contributed by atoms with Crippen molar-refractivity contribution in [2.45, 2.75) is 13.5 Å². The third kappa shape index (κ3) is 4.78. The minimum Gasteiger partial charge on any atom is -0.489 e. The number of hydrogen-bond donors (Lipinski definition) is 2. The molecule has 0 aliphatic carbocycles. The van der Waals surface area contributed by atoms with Crippen LogP contribution in [0.5, 0.6) is 5.75 Å². The quantitative estimate of drug-likeness (QED) is 0.383. The average Bonchev–Trinajstić information content (AvgIpc) is 2.52. The number of nitrogens with one attached hydrogen (secondary N) is 1. The highest BCUT2D eigenvalue weighted by Crippen LogP contribution is 2.16. The van der Waals surface area contributed by atoms with E-state index in [0.717, 1.165) is 16.9 Å². The van der Waals surface area contributed by atoms with Gasteiger partial charge in [-0.3, -0.25) is 10.2 Å². The number of aryl methyl sites for hydroxylation is 1. The van der Waals surface area contributed by atoms with Gasteiger partial charge >= 0.3 is 0 Å². The van der Waals surface area contributed by atoms with Gasteiger partial charge in [0.1, 0.15) is 12.4 Å². The van der Waals surface area contributed by atoms with Crippen LogP contribution in [0.2, 0.25) is 0 Å². The van der Waals surface area contributed by atoms with Crippen molar-refractivity contribution < 1.29 is 9.53 Å². The van der Waals surface area contributed by atoms with Gasteiger partial charge < -0.3 is 4.74 Å². The number of hydrogen-bond acceptors (Lipinski definition) is 3.